The normalized spacial score (nSPS) is 20.8. The van der Waals surface area contributed by atoms with Crippen LogP contribution in [0.1, 0.15) is 105 Å². The molecule has 0 aromatic heterocycles. The standard InChI is InChI=1S/C18H36.Na.H2O4S.H/c1-3-5-6-7-8-9-10-11-13-18-15-14-17(16-18)12-4-2;;1-4-5(2)3;/h17-18H,3-16H2,1-2H3;;1H,(H,2,3);/q;+1;;-1/p-1. The Morgan fingerprint density at radius 1 is 0.958 bits per heavy atom. The predicted molar refractivity (Wildman–Crippen MR) is 96.7 cm³/mol. The molecule has 1 aliphatic rings. The van der Waals surface area contributed by atoms with Gasteiger partial charge in [0.25, 0.3) is 0 Å². The monoisotopic (exact) mass is 373 g/mol. The average Bonchev–Trinajstić information content (AvgIpc) is 2.98. The predicted octanol–water partition coefficient (Wildman–Crippen LogP) is 3.12. The molecule has 0 aromatic carbocycles. The molecule has 1 fully saturated rings. The average molecular weight is 374 g/mol. The van der Waals surface area contributed by atoms with Gasteiger partial charge in [-0.15, -0.1) is 4.33 Å². The fourth-order valence-electron chi connectivity index (χ4n) is 3.68. The van der Waals surface area contributed by atoms with Crippen molar-refractivity contribution in [2.75, 3.05) is 0 Å². The molecular weight excluding hydrogens is 335 g/mol. The van der Waals surface area contributed by atoms with Gasteiger partial charge in [-0.1, -0.05) is 97.3 Å². The van der Waals surface area contributed by atoms with E-state index in [-0.39, 0.29) is 31.0 Å². The molecule has 0 aromatic rings. The first kappa shape index (κ1) is 27.3. The number of rotatable bonds is 12. The Morgan fingerprint density at radius 2 is 1.42 bits per heavy atom. The molecule has 142 valence electrons. The zero-order valence-corrected chi connectivity index (χ0v) is 19.0. The molecule has 1 aliphatic carbocycles. The van der Waals surface area contributed by atoms with Crippen LogP contribution in [-0.2, 0) is 15.7 Å². The first-order valence-corrected chi connectivity index (χ1v) is 10.5. The van der Waals surface area contributed by atoms with Crippen LogP contribution in [0.3, 0.4) is 0 Å². The molecule has 3 atom stereocenters. The van der Waals surface area contributed by atoms with Crippen LogP contribution < -0.4 is 29.6 Å². The van der Waals surface area contributed by atoms with E-state index in [0.717, 1.165) is 11.8 Å². The molecule has 0 saturated heterocycles. The summed E-state index contributed by atoms with van der Waals surface area (Å²) in [6, 6.07) is 0. The Balaban J connectivity index is -0.000000610. The Hall–Kier alpha value is 1.03. The van der Waals surface area contributed by atoms with E-state index in [1.807, 2.05) is 0 Å². The van der Waals surface area contributed by atoms with E-state index in [1.54, 1.807) is 12.8 Å². The summed E-state index contributed by atoms with van der Waals surface area (Å²) in [5.74, 6) is 2.19. The molecule has 4 nitrogen and oxygen atoms in total. The minimum atomic E-state index is -2.77. The maximum absolute atomic E-state index is 8.90. The van der Waals surface area contributed by atoms with E-state index >= 15 is 0 Å². The van der Waals surface area contributed by atoms with Gasteiger partial charge in [-0.3, -0.25) is 0 Å². The molecular formula is C18H38NaO4S-. The summed E-state index contributed by atoms with van der Waals surface area (Å²) in [7, 11) is 0. The van der Waals surface area contributed by atoms with Gasteiger partial charge >= 0.3 is 29.6 Å². The molecule has 0 aliphatic heterocycles. The Kier molecular flexibility index (Phi) is 23.1. The van der Waals surface area contributed by atoms with Crippen molar-refractivity contribution in [1.82, 2.24) is 0 Å². The minimum absolute atomic E-state index is 0. The van der Waals surface area contributed by atoms with Gasteiger partial charge in [0.2, 0.25) is 0 Å². The van der Waals surface area contributed by atoms with Crippen molar-refractivity contribution in [3.63, 3.8) is 0 Å². The Morgan fingerprint density at radius 3 is 1.88 bits per heavy atom. The van der Waals surface area contributed by atoms with Gasteiger partial charge in [-0.05, 0) is 18.3 Å². The summed E-state index contributed by atoms with van der Waals surface area (Å²) < 4.78 is 20.5. The van der Waals surface area contributed by atoms with Crippen LogP contribution in [0.25, 0.3) is 0 Å². The van der Waals surface area contributed by atoms with Crippen molar-refractivity contribution in [3.8, 4) is 0 Å². The van der Waals surface area contributed by atoms with Crippen molar-refractivity contribution in [1.29, 1.82) is 0 Å². The molecule has 3 unspecified atom stereocenters. The van der Waals surface area contributed by atoms with Gasteiger partial charge < -0.3 is 5.98 Å². The van der Waals surface area contributed by atoms with Crippen molar-refractivity contribution in [2.24, 2.45) is 11.8 Å². The third kappa shape index (κ3) is 17.8. The summed E-state index contributed by atoms with van der Waals surface area (Å²) in [4.78, 5) is 0. The van der Waals surface area contributed by atoms with Crippen molar-refractivity contribution < 1.29 is 49.3 Å². The molecule has 0 amide bonds. The molecule has 1 saturated carbocycles. The van der Waals surface area contributed by atoms with Gasteiger partial charge in [0, 0.05) is 0 Å². The van der Waals surface area contributed by atoms with Gasteiger partial charge in [0.1, 0.15) is 11.4 Å². The van der Waals surface area contributed by atoms with Gasteiger partial charge in [0.05, 0.1) is 0 Å². The topological polar surface area (TPSA) is 69.6 Å². The van der Waals surface area contributed by atoms with Crippen LogP contribution >= 0.6 is 0 Å². The first-order chi connectivity index (χ1) is 11.1. The molecule has 6 heteroatoms. The second-order valence-electron chi connectivity index (χ2n) is 6.88. The molecule has 0 heterocycles. The van der Waals surface area contributed by atoms with Crippen LogP contribution in [0.5, 0.6) is 0 Å². The van der Waals surface area contributed by atoms with Crippen LogP contribution in [0.15, 0.2) is 0 Å². The number of hydrogen-bond acceptors (Lipinski definition) is 4. The Bertz CT molecular complexity index is 286. The largest absolute Gasteiger partial charge is 1.00 e. The quantitative estimate of drug-likeness (QED) is 0.188. The molecule has 0 spiro atoms. The molecule has 0 bridgehead atoms. The van der Waals surface area contributed by atoms with E-state index in [0.29, 0.717) is 0 Å². The summed E-state index contributed by atoms with van der Waals surface area (Å²) in [5.41, 5.74) is 0. The SMILES string of the molecule is CCCCCCCCCCC1CCC(CCC)C1.O=S([O-])OO.[H-].[Na+]. The third-order valence-electron chi connectivity index (χ3n) is 4.87. The van der Waals surface area contributed by atoms with Crippen LogP contribution in [0, 0.1) is 11.8 Å². The minimum Gasteiger partial charge on any atom is -1.00 e. The van der Waals surface area contributed by atoms with Gasteiger partial charge in [-0.25, -0.2) is 9.47 Å². The van der Waals surface area contributed by atoms with Gasteiger partial charge in [-0.2, -0.15) is 0 Å². The van der Waals surface area contributed by atoms with Crippen LogP contribution in [0.4, 0.5) is 0 Å². The molecule has 24 heavy (non-hydrogen) atoms. The van der Waals surface area contributed by atoms with E-state index < -0.39 is 11.4 Å². The fraction of sp³-hybridized carbons (Fsp3) is 1.00. The summed E-state index contributed by atoms with van der Waals surface area (Å²) in [5, 5.41) is 7.03. The van der Waals surface area contributed by atoms with Crippen LogP contribution in [0.2, 0.25) is 0 Å². The number of hydrogen-bond donors (Lipinski definition) is 1. The van der Waals surface area contributed by atoms with Crippen molar-refractivity contribution >= 4 is 11.4 Å². The summed E-state index contributed by atoms with van der Waals surface area (Å²) in [6.07, 6.45) is 20.8. The molecule has 1 N–H and O–H groups in total. The maximum atomic E-state index is 8.90. The first-order valence-electron chi connectivity index (χ1n) is 9.55. The summed E-state index contributed by atoms with van der Waals surface area (Å²) in [6.45, 7) is 4.64. The molecule has 0 radical (unpaired) electrons. The van der Waals surface area contributed by atoms with E-state index in [2.05, 4.69) is 18.2 Å². The Labute approximate surface area is 175 Å². The van der Waals surface area contributed by atoms with Crippen LogP contribution in [-0.4, -0.2) is 14.0 Å². The third-order valence-corrected chi connectivity index (χ3v) is 5.00. The smallest absolute Gasteiger partial charge is 1.00 e. The zero-order chi connectivity index (χ0) is 17.3. The number of unbranched alkanes of at least 4 members (excludes halogenated alkanes) is 7. The fourth-order valence-corrected chi connectivity index (χ4v) is 3.68. The zero-order valence-electron chi connectivity index (χ0n) is 17.1. The second-order valence-corrected chi connectivity index (χ2v) is 7.43. The second kappa shape index (κ2) is 20.3. The van der Waals surface area contributed by atoms with E-state index in [1.165, 1.54) is 77.0 Å². The van der Waals surface area contributed by atoms with E-state index in [4.69, 9.17) is 14.0 Å². The maximum Gasteiger partial charge on any atom is 1.00 e. The van der Waals surface area contributed by atoms with E-state index in [9.17, 15) is 0 Å². The van der Waals surface area contributed by atoms with Crippen molar-refractivity contribution in [2.45, 2.75) is 104 Å². The van der Waals surface area contributed by atoms with Gasteiger partial charge in [0.15, 0.2) is 0 Å². The molecule has 1 rings (SSSR count). The summed E-state index contributed by atoms with van der Waals surface area (Å²) >= 11 is -2.77. The van der Waals surface area contributed by atoms with Crippen molar-refractivity contribution in [3.05, 3.63) is 0 Å².